The molecule has 4 heterocycles. The number of carboxylic acid groups (broad SMARTS) is 1. The monoisotopic (exact) mass is 547 g/mol. The molecule has 190 valence electrons. The SMILES string of the molecule is CON=C(C(=O)N[C@H]1C(=O)N2C(C(=O)O)=C(C[n+]3ccc([Si](C)(C)C)cc3)CS[C@@H]12)c1csc(N)n1. The fourth-order valence-corrected chi connectivity index (χ4v) is 7.02. The number of carboxylic acids is 1. The summed E-state index contributed by atoms with van der Waals surface area (Å²) in [6.07, 6.45) is 3.89. The number of fused-ring (bicyclic) bond motifs is 1. The van der Waals surface area contributed by atoms with E-state index in [0.29, 0.717) is 17.9 Å². The van der Waals surface area contributed by atoms with Crippen molar-refractivity contribution in [3.63, 3.8) is 0 Å². The lowest BCUT2D eigenvalue weighted by atomic mass is 10.0. The zero-order valence-electron chi connectivity index (χ0n) is 20.2. The van der Waals surface area contributed by atoms with E-state index in [-0.39, 0.29) is 22.2 Å². The van der Waals surface area contributed by atoms with Crippen LogP contribution < -0.4 is 20.8 Å². The van der Waals surface area contributed by atoms with E-state index in [2.05, 4.69) is 47.2 Å². The lowest BCUT2D eigenvalue weighted by molar-refractivity contribution is -0.688. The summed E-state index contributed by atoms with van der Waals surface area (Å²) in [5.74, 6) is -1.92. The first-order valence-electron chi connectivity index (χ1n) is 11.0. The third-order valence-electron chi connectivity index (χ3n) is 5.83. The summed E-state index contributed by atoms with van der Waals surface area (Å²) in [6, 6.07) is 3.24. The fourth-order valence-electron chi connectivity index (χ4n) is 3.99. The molecule has 1 fully saturated rings. The smallest absolute Gasteiger partial charge is 0.352 e. The zero-order valence-corrected chi connectivity index (χ0v) is 22.9. The van der Waals surface area contributed by atoms with Crippen molar-refractivity contribution >= 4 is 65.0 Å². The Morgan fingerprint density at radius 2 is 2.06 bits per heavy atom. The number of oxime groups is 1. The van der Waals surface area contributed by atoms with Crippen LogP contribution in [0.15, 0.2) is 46.3 Å². The number of thioether (sulfide) groups is 1. The molecule has 0 saturated carbocycles. The lowest BCUT2D eigenvalue weighted by Gasteiger charge is -2.49. The Morgan fingerprint density at radius 1 is 1.36 bits per heavy atom. The van der Waals surface area contributed by atoms with Crippen molar-refractivity contribution in [1.82, 2.24) is 15.2 Å². The number of hydrogen-bond acceptors (Lipinski definition) is 9. The number of aliphatic carboxylic acids is 1. The van der Waals surface area contributed by atoms with Crippen LogP contribution in [0.5, 0.6) is 0 Å². The van der Waals surface area contributed by atoms with E-state index in [4.69, 9.17) is 10.6 Å². The number of nitrogen functional groups attached to an aromatic ring is 1. The predicted octanol–water partition coefficient (Wildman–Crippen LogP) is 0.347. The van der Waals surface area contributed by atoms with Gasteiger partial charge in [0.2, 0.25) is 0 Å². The number of hydrogen-bond donors (Lipinski definition) is 3. The number of aromatic nitrogens is 2. The largest absolute Gasteiger partial charge is 0.477 e. The standard InChI is InChI=1S/C22H26N6O5S2Si/c1-33-26-15(14-11-35-22(23)24-14)18(29)25-16-19(30)28-17(21(31)32)12(10-34-20(16)28)9-27-7-5-13(6-8-27)36(2,3)4/h5-8,11,16,20H,9-10H2,1-4H3,(H3-,23,24,25,29,31,32)/p+1/t16-,20-/m0/s1. The highest BCUT2D eigenvalue weighted by Crippen LogP contribution is 2.40. The van der Waals surface area contributed by atoms with Crippen molar-refractivity contribution in [3.8, 4) is 0 Å². The lowest BCUT2D eigenvalue weighted by Crippen LogP contribution is -2.71. The molecule has 11 nitrogen and oxygen atoms in total. The van der Waals surface area contributed by atoms with Crippen LogP contribution in [-0.2, 0) is 25.8 Å². The van der Waals surface area contributed by atoms with E-state index < -0.39 is 37.3 Å². The van der Waals surface area contributed by atoms with Gasteiger partial charge in [-0.2, -0.15) is 0 Å². The van der Waals surface area contributed by atoms with Crippen molar-refractivity contribution < 1.29 is 28.9 Å². The van der Waals surface area contributed by atoms with Crippen molar-refractivity contribution in [2.45, 2.75) is 37.6 Å². The molecule has 2 atom stereocenters. The van der Waals surface area contributed by atoms with Gasteiger partial charge in [-0.15, -0.1) is 23.1 Å². The fraction of sp³-hybridized carbons (Fsp3) is 0.364. The Labute approximate surface area is 217 Å². The topological polar surface area (TPSA) is 151 Å². The van der Waals surface area contributed by atoms with E-state index in [0.717, 1.165) is 11.3 Å². The average molecular weight is 548 g/mol. The highest BCUT2D eigenvalue weighted by molar-refractivity contribution is 8.00. The summed E-state index contributed by atoms with van der Waals surface area (Å²) in [4.78, 5) is 48.1. The minimum Gasteiger partial charge on any atom is -0.477 e. The van der Waals surface area contributed by atoms with Gasteiger partial charge in [0, 0.05) is 28.8 Å². The number of nitrogens with two attached hydrogens (primary N) is 1. The van der Waals surface area contributed by atoms with Gasteiger partial charge in [0.15, 0.2) is 29.8 Å². The molecule has 14 heteroatoms. The van der Waals surface area contributed by atoms with Gasteiger partial charge in [-0.3, -0.25) is 14.5 Å². The number of nitrogens with zero attached hydrogens (tertiary/aromatic N) is 4. The molecule has 36 heavy (non-hydrogen) atoms. The highest BCUT2D eigenvalue weighted by Gasteiger charge is 2.54. The summed E-state index contributed by atoms with van der Waals surface area (Å²) in [6.45, 7) is 7.13. The van der Waals surface area contributed by atoms with Crippen molar-refractivity contribution in [2.24, 2.45) is 5.16 Å². The number of carbonyl (C=O) groups is 3. The van der Waals surface area contributed by atoms with Gasteiger partial charge in [-0.05, 0) is 5.19 Å². The first-order valence-corrected chi connectivity index (χ1v) is 16.5. The number of thiazole rings is 1. The van der Waals surface area contributed by atoms with Crippen LogP contribution in [0.3, 0.4) is 0 Å². The molecule has 0 radical (unpaired) electrons. The van der Waals surface area contributed by atoms with Gasteiger partial charge >= 0.3 is 5.97 Å². The number of anilines is 1. The summed E-state index contributed by atoms with van der Waals surface area (Å²) in [7, 11) is -0.162. The van der Waals surface area contributed by atoms with E-state index in [1.807, 2.05) is 17.0 Å². The molecule has 0 aromatic carbocycles. The number of rotatable bonds is 8. The summed E-state index contributed by atoms with van der Waals surface area (Å²) >= 11 is 2.54. The second-order valence-corrected chi connectivity index (χ2v) is 16.4. The molecule has 2 amide bonds. The number of nitrogens with one attached hydrogen (secondary N) is 1. The summed E-state index contributed by atoms with van der Waals surface area (Å²) < 4.78 is 1.92. The van der Waals surface area contributed by atoms with Crippen LogP contribution in [-0.4, -0.2) is 70.8 Å². The van der Waals surface area contributed by atoms with Gasteiger partial charge < -0.3 is 21.0 Å². The molecule has 4 N–H and O–H groups in total. The number of carbonyl (C=O) groups excluding carboxylic acids is 2. The van der Waals surface area contributed by atoms with Gasteiger partial charge in [0.05, 0.1) is 8.07 Å². The molecule has 0 unspecified atom stereocenters. The van der Waals surface area contributed by atoms with Crippen molar-refractivity contribution in [1.29, 1.82) is 0 Å². The van der Waals surface area contributed by atoms with Gasteiger partial charge in [0.25, 0.3) is 11.8 Å². The van der Waals surface area contributed by atoms with E-state index in [9.17, 15) is 19.5 Å². The van der Waals surface area contributed by atoms with Gasteiger partial charge in [0.1, 0.15) is 29.9 Å². The Bertz CT molecular complexity index is 1270. The van der Waals surface area contributed by atoms with Crippen molar-refractivity contribution in [3.05, 3.63) is 46.9 Å². The average Bonchev–Trinajstić information content (AvgIpc) is 3.25. The number of amides is 2. The Kier molecular flexibility index (Phi) is 7.20. The van der Waals surface area contributed by atoms with Crippen LogP contribution in [0.2, 0.25) is 19.6 Å². The third-order valence-corrected chi connectivity index (χ3v) is 9.91. The molecular formula is C22H27N6O5S2Si+. The van der Waals surface area contributed by atoms with E-state index in [1.54, 1.807) is 5.38 Å². The molecule has 1 saturated heterocycles. The maximum absolute atomic E-state index is 13.0. The molecule has 0 bridgehead atoms. The Morgan fingerprint density at radius 3 is 2.61 bits per heavy atom. The molecule has 0 spiro atoms. The maximum Gasteiger partial charge on any atom is 0.352 e. The molecule has 2 aromatic rings. The molecule has 2 aromatic heterocycles. The summed E-state index contributed by atoms with van der Waals surface area (Å²) in [5, 5.41) is 18.9. The van der Waals surface area contributed by atoms with E-state index >= 15 is 0 Å². The first kappa shape index (κ1) is 25.8. The predicted molar refractivity (Wildman–Crippen MR) is 139 cm³/mol. The van der Waals surface area contributed by atoms with Gasteiger partial charge in [-0.25, -0.2) is 14.3 Å². The maximum atomic E-state index is 13.0. The Hall–Kier alpha value is -3.23. The molecular weight excluding hydrogens is 520 g/mol. The van der Waals surface area contributed by atoms with Crippen LogP contribution in [0, 0.1) is 0 Å². The minimum atomic E-state index is -1.45. The van der Waals surface area contributed by atoms with Crippen LogP contribution in [0.25, 0.3) is 0 Å². The van der Waals surface area contributed by atoms with E-state index in [1.165, 1.54) is 29.0 Å². The second kappa shape index (κ2) is 10.0. The van der Waals surface area contributed by atoms with Crippen LogP contribution >= 0.6 is 23.1 Å². The summed E-state index contributed by atoms with van der Waals surface area (Å²) in [5.41, 5.74) is 6.36. The van der Waals surface area contributed by atoms with Crippen LogP contribution in [0.4, 0.5) is 5.13 Å². The Balaban J connectivity index is 1.52. The molecule has 0 aliphatic carbocycles. The third kappa shape index (κ3) is 5.01. The number of β-lactam (4-membered cyclic amide) rings is 1. The minimum absolute atomic E-state index is 0.0333. The first-order chi connectivity index (χ1) is 17.0. The normalized spacial score (nSPS) is 20.1. The quantitative estimate of drug-likeness (QED) is 0.141. The van der Waals surface area contributed by atoms with Crippen molar-refractivity contribution in [2.75, 3.05) is 18.6 Å². The molecule has 4 rings (SSSR count). The molecule has 2 aliphatic heterocycles. The zero-order chi connectivity index (χ0) is 26.2. The van der Waals surface area contributed by atoms with Gasteiger partial charge in [-0.1, -0.05) is 24.8 Å². The second-order valence-electron chi connectivity index (χ2n) is 9.32. The molecule has 2 aliphatic rings. The number of pyridine rings is 1. The van der Waals surface area contributed by atoms with Crippen LogP contribution in [0.1, 0.15) is 5.69 Å². The highest BCUT2D eigenvalue weighted by atomic mass is 32.2.